The van der Waals surface area contributed by atoms with Crippen molar-refractivity contribution in [2.24, 2.45) is 5.10 Å². The first-order chi connectivity index (χ1) is 12.8. The molecule has 2 aromatic rings. The van der Waals surface area contributed by atoms with Crippen LogP contribution in [0.15, 0.2) is 35.4 Å². The minimum Gasteiger partial charge on any atom is -0.462 e. The Morgan fingerprint density at radius 3 is 2.44 bits per heavy atom. The molecule has 0 aliphatic carbocycles. The molecular weight excluding hydrogens is 352 g/mol. The molecule has 1 aromatic heterocycles. The van der Waals surface area contributed by atoms with Crippen LogP contribution in [-0.4, -0.2) is 34.6 Å². The van der Waals surface area contributed by atoms with E-state index in [0.717, 1.165) is 0 Å². The summed E-state index contributed by atoms with van der Waals surface area (Å²) < 4.78 is 4.96. The Kier molecular flexibility index (Phi) is 6.32. The third-order valence-electron chi connectivity index (χ3n) is 3.63. The number of hydrazone groups is 1. The van der Waals surface area contributed by atoms with E-state index < -0.39 is 16.8 Å². The van der Waals surface area contributed by atoms with Gasteiger partial charge in [-0.3, -0.25) is 19.9 Å². The minimum absolute atomic E-state index is 0.0379. The summed E-state index contributed by atoms with van der Waals surface area (Å²) in [6.45, 7) is 5.22. The Bertz CT molecular complexity index is 907. The molecule has 27 heavy (non-hydrogen) atoms. The van der Waals surface area contributed by atoms with Gasteiger partial charge in [-0.25, -0.2) is 10.2 Å². The number of rotatable bonds is 6. The van der Waals surface area contributed by atoms with Crippen LogP contribution in [0.4, 0.5) is 5.69 Å². The van der Waals surface area contributed by atoms with E-state index in [2.05, 4.69) is 15.5 Å². The molecular formula is C18H18N4O5. The maximum atomic E-state index is 12.3. The van der Waals surface area contributed by atoms with Crippen LogP contribution in [0.25, 0.3) is 0 Å². The Hall–Kier alpha value is -3.62. The summed E-state index contributed by atoms with van der Waals surface area (Å²) in [5.41, 5.74) is 4.22. The second-order valence-electron chi connectivity index (χ2n) is 5.52. The molecule has 0 aliphatic rings. The van der Waals surface area contributed by atoms with E-state index in [9.17, 15) is 19.7 Å². The van der Waals surface area contributed by atoms with E-state index in [4.69, 9.17) is 4.74 Å². The van der Waals surface area contributed by atoms with Crippen molar-refractivity contribution in [1.82, 2.24) is 10.4 Å². The van der Waals surface area contributed by atoms with Crippen molar-refractivity contribution in [3.05, 3.63) is 68.5 Å². The van der Waals surface area contributed by atoms with Crippen LogP contribution in [0.1, 0.15) is 44.6 Å². The lowest BCUT2D eigenvalue weighted by Gasteiger charge is -2.09. The van der Waals surface area contributed by atoms with Gasteiger partial charge in [-0.2, -0.15) is 5.10 Å². The number of hydrogen-bond donors (Lipinski definition) is 1. The standard InChI is InChI=1S/C18H18N4O5/c1-4-27-18(24)16-9-15(11(2)20-12(16)3)17(23)21-19-10-13-5-7-14(8-6-13)22(25)26/h5-10H,4H2,1-3H3,(H,21,23)/b19-10+. The molecule has 9 heteroatoms. The molecule has 0 radical (unpaired) electrons. The maximum Gasteiger partial charge on any atom is 0.339 e. The zero-order valence-corrected chi connectivity index (χ0v) is 15.1. The van der Waals surface area contributed by atoms with E-state index in [1.54, 1.807) is 20.8 Å². The molecule has 0 spiro atoms. The normalized spacial score (nSPS) is 10.6. The van der Waals surface area contributed by atoms with E-state index in [1.807, 2.05) is 0 Å². The first kappa shape index (κ1) is 19.7. The number of aromatic nitrogens is 1. The summed E-state index contributed by atoms with van der Waals surface area (Å²) in [5.74, 6) is -1.09. The van der Waals surface area contributed by atoms with Gasteiger partial charge in [0.1, 0.15) is 0 Å². The molecule has 140 valence electrons. The van der Waals surface area contributed by atoms with Gasteiger partial charge in [-0.05, 0) is 44.5 Å². The molecule has 0 aliphatic heterocycles. The Balaban J connectivity index is 2.14. The number of nitrogens with one attached hydrogen (secondary N) is 1. The average molecular weight is 370 g/mol. The number of carbonyl (C=O) groups excluding carboxylic acids is 2. The molecule has 0 saturated heterocycles. The molecule has 0 fully saturated rings. The van der Waals surface area contributed by atoms with Crippen LogP contribution < -0.4 is 5.43 Å². The number of nitro benzene ring substituents is 1. The quantitative estimate of drug-likeness (QED) is 0.361. The van der Waals surface area contributed by atoms with E-state index in [-0.39, 0.29) is 23.4 Å². The molecule has 0 unspecified atom stereocenters. The average Bonchev–Trinajstić information content (AvgIpc) is 2.62. The molecule has 9 nitrogen and oxygen atoms in total. The van der Waals surface area contributed by atoms with Gasteiger partial charge in [0.05, 0.1) is 40.3 Å². The van der Waals surface area contributed by atoms with Crippen LogP contribution in [-0.2, 0) is 4.74 Å². The Morgan fingerprint density at radius 1 is 1.22 bits per heavy atom. The number of hydrogen-bond acceptors (Lipinski definition) is 7. The van der Waals surface area contributed by atoms with Crippen LogP contribution in [0.5, 0.6) is 0 Å². The highest BCUT2D eigenvalue weighted by Gasteiger charge is 2.18. The van der Waals surface area contributed by atoms with Crippen LogP contribution in [0, 0.1) is 24.0 Å². The third kappa shape index (κ3) is 4.94. The number of esters is 1. The topological polar surface area (TPSA) is 124 Å². The SMILES string of the molecule is CCOC(=O)c1cc(C(=O)N/N=C/c2ccc([N+](=O)[O-])cc2)c(C)nc1C. The van der Waals surface area contributed by atoms with Gasteiger partial charge in [0, 0.05) is 12.1 Å². The molecule has 2 rings (SSSR count). The summed E-state index contributed by atoms with van der Waals surface area (Å²) in [5, 5.41) is 14.4. The first-order valence-corrected chi connectivity index (χ1v) is 8.06. The van der Waals surface area contributed by atoms with Gasteiger partial charge in [-0.1, -0.05) is 0 Å². The second-order valence-corrected chi connectivity index (χ2v) is 5.52. The van der Waals surface area contributed by atoms with Crippen LogP contribution >= 0.6 is 0 Å². The van der Waals surface area contributed by atoms with Gasteiger partial charge in [0.2, 0.25) is 0 Å². The second kappa shape index (κ2) is 8.65. The van der Waals surface area contributed by atoms with Crippen molar-refractivity contribution in [2.45, 2.75) is 20.8 Å². The molecule has 1 aromatic carbocycles. The summed E-state index contributed by atoms with van der Waals surface area (Å²) in [6, 6.07) is 7.11. The highest BCUT2D eigenvalue weighted by atomic mass is 16.6. The van der Waals surface area contributed by atoms with Crippen molar-refractivity contribution in [3.63, 3.8) is 0 Å². The zero-order chi connectivity index (χ0) is 20.0. The van der Waals surface area contributed by atoms with Crippen LogP contribution in [0.2, 0.25) is 0 Å². The van der Waals surface area contributed by atoms with Crippen LogP contribution in [0.3, 0.4) is 0 Å². The van der Waals surface area contributed by atoms with Gasteiger partial charge in [0.15, 0.2) is 0 Å². The fourth-order valence-corrected chi connectivity index (χ4v) is 2.28. The van der Waals surface area contributed by atoms with Gasteiger partial charge < -0.3 is 4.74 Å². The fraction of sp³-hybridized carbons (Fsp3) is 0.222. The molecule has 1 N–H and O–H groups in total. The summed E-state index contributed by atoms with van der Waals surface area (Å²) in [4.78, 5) is 38.6. The Labute approximate surface area is 155 Å². The van der Waals surface area contributed by atoms with E-state index in [0.29, 0.717) is 17.0 Å². The van der Waals surface area contributed by atoms with Gasteiger partial charge in [-0.15, -0.1) is 0 Å². The lowest BCUT2D eigenvalue weighted by molar-refractivity contribution is -0.384. The van der Waals surface area contributed by atoms with Gasteiger partial charge in [0.25, 0.3) is 11.6 Å². The Morgan fingerprint density at radius 2 is 1.85 bits per heavy atom. The highest BCUT2D eigenvalue weighted by molar-refractivity contribution is 5.99. The van der Waals surface area contributed by atoms with Crippen molar-refractivity contribution in [3.8, 4) is 0 Å². The monoisotopic (exact) mass is 370 g/mol. The van der Waals surface area contributed by atoms with Crippen molar-refractivity contribution in [1.29, 1.82) is 0 Å². The maximum absolute atomic E-state index is 12.3. The number of nitrogens with zero attached hydrogens (tertiary/aromatic N) is 3. The highest BCUT2D eigenvalue weighted by Crippen LogP contribution is 2.14. The smallest absolute Gasteiger partial charge is 0.339 e. The summed E-state index contributed by atoms with van der Waals surface area (Å²) in [6.07, 6.45) is 1.35. The van der Waals surface area contributed by atoms with Crippen molar-refractivity contribution >= 4 is 23.8 Å². The first-order valence-electron chi connectivity index (χ1n) is 8.06. The number of aryl methyl sites for hydroxylation is 2. The lowest BCUT2D eigenvalue weighted by Crippen LogP contribution is -2.21. The lowest BCUT2D eigenvalue weighted by atomic mass is 10.1. The molecule has 0 bridgehead atoms. The summed E-state index contributed by atoms with van der Waals surface area (Å²) >= 11 is 0. The minimum atomic E-state index is -0.550. The largest absolute Gasteiger partial charge is 0.462 e. The molecule has 0 saturated carbocycles. The number of benzene rings is 1. The molecule has 1 heterocycles. The number of nitro groups is 1. The fourth-order valence-electron chi connectivity index (χ4n) is 2.28. The summed E-state index contributed by atoms with van der Waals surface area (Å²) in [7, 11) is 0. The molecule has 0 atom stereocenters. The van der Waals surface area contributed by atoms with E-state index in [1.165, 1.54) is 36.5 Å². The third-order valence-corrected chi connectivity index (χ3v) is 3.63. The van der Waals surface area contributed by atoms with Crippen molar-refractivity contribution in [2.75, 3.05) is 6.61 Å². The van der Waals surface area contributed by atoms with E-state index >= 15 is 0 Å². The zero-order valence-electron chi connectivity index (χ0n) is 15.1. The molecule has 1 amide bonds. The number of non-ortho nitro benzene ring substituents is 1. The van der Waals surface area contributed by atoms with Gasteiger partial charge >= 0.3 is 5.97 Å². The number of ether oxygens (including phenoxy) is 1. The number of amides is 1. The van der Waals surface area contributed by atoms with Crippen molar-refractivity contribution < 1.29 is 19.2 Å². The number of carbonyl (C=O) groups is 2. The predicted molar refractivity (Wildman–Crippen MR) is 97.8 cm³/mol. The number of pyridine rings is 1. The predicted octanol–water partition coefficient (Wildman–Crippen LogP) is 2.55.